The molecule has 0 aliphatic heterocycles. The molecule has 1 unspecified atom stereocenters. The summed E-state index contributed by atoms with van der Waals surface area (Å²) in [5.41, 5.74) is 2.57. The number of Topliss-reactive ketones (excluding diaryl/α,β-unsaturated/α-hetero) is 1. The largest absolute Gasteiger partial charge is 0.451 e. The van der Waals surface area contributed by atoms with Crippen LogP contribution in [0.1, 0.15) is 67.1 Å². The number of hydrogen-bond donors (Lipinski definition) is 1. The van der Waals surface area contributed by atoms with Gasteiger partial charge in [0.25, 0.3) is 0 Å². The summed E-state index contributed by atoms with van der Waals surface area (Å²) in [6, 6.07) is 8.23. The van der Waals surface area contributed by atoms with Gasteiger partial charge in [0.15, 0.2) is 11.8 Å². The lowest BCUT2D eigenvalue weighted by Gasteiger charge is -2.14. The average Bonchev–Trinajstić information content (AvgIpc) is 3.16. The van der Waals surface area contributed by atoms with Crippen LogP contribution in [0.3, 0.4) is 0 Å². The lowest BCUT2D eigenvalue weighted by Crippen LogP contribution is -2.24. The number of anilines is 1. The van der Waals surface area contributed by atoms with Crippen LogP contribution in [0.15, 0.2) is 36.5 Å². The molecule has 0 saturated heterocycles. The van der Waals surface area contributed by atoms with Gasteiger partial charge in [-0.3, -0.25) is 9.59 Å². The van der Waals surface area contributed by atoms with E-state index in [9.17, 15) is 14.4 Å². The van der Waals surface area contributed by atoms with Gasteiger partial charge >= 0.3 is 5.97 Å². The third-order valence-corrected chi connectivity index (χ3v) is 5.02. The highest BCUT2D eigenvalue weighted by molar-refractivity contribution is 6.05. The molecule has 2 aromatic heterocycles. The highest BCUT2D eigenvalue weighted by Crippen LogP contribution is 2.22. The number of pyridine rings is 1. The number of nitrogens with one attached hydrogen (secondary N) is 1. The van der Waals surface area contributed by atoms with Gasteiger partial charge in [0.1, 0.15) is 0 Å². The second-order valence-electron chi connectivity index (χ2n) is 8.36. The zero-order chi connectivity index (χ0) is 23.6. The van der Waals surface area contributed by atoms with E-state index in [4.69, 9.17) is 4.74 Å². The number of esters is 1. The summed E-state index contributed by atoms with van der Waals surface area (Å²) in [5.74, 6) is -1.19. The molecule has 0 saturated carbocycles. The Kier molecular flexibility index (Phi) is 6.72. The first-order valence-corrected chi connectivity index (χ1v) is 10.6. The fourth-order valence-electron chi connectivity index (χ4n) is 3.21. The molecular formula is C24H28N4O4. The minimum Gasteiger partial charge on any atom is -0.451 e. The van der Waals surface area contributed by atoms with Crippen LogP contribution in [0, 0.1) is 12.8 Å². The predicted octanol–water partition coefficient (Wildman–Crippen LogP) is 4.34. The highest BCUT2D eigenvalue weighted by atomic mass is 16.5. The number of carbonyl (C=O) groups excluding carboxylic acids is 3. The van der Waals surface area contributed by atoms with Gasteiger partial charge in [-0.25, -0.2) is 14.5 Å². The summed E-state index contributed by atoms with van der Waals surface area (Å²) in [6.07, 6.45) is 0.608. The van der Waals surface area contributed by atoms with E-state index in [1.807, 2.05) is 13.8 Å². The molecule has 0 aliphatic rings. The lowest BCUT2D eigenvalue weighted by molar-refractivity contribution is -0.118. The van der Waals surface area contributed by atoms with Crippen LogP contribution in [0.25, 0.3) is 11.0 Å². The predicted molar refractivity (Wildman–Crippen MR) is 122 cm³/mol. The zero-order valence-corrected chi connectivity index (χ0v) is 19.2. The standard InChI is InChI=1S/C24H28N4O4/c1-13(2)23(30)27-18-9-7-17(8-10-18)21(29)16(6)32-24(31)19-11-15(5)26-22-20(19)12-25-28(22)14(3)4/h7-14,16H,1-6H3,(H,27,30). The first-order chi connectivity index (χ1) is 15.1. The SMILES string of the molecule is Cc1cc(C(=O)OC(C)C(=O)c2ccc(NC(=O)C(C)C)cc2)c2cnn(C(C)C)c2n1. The molecule has 3 aromatic rings. The van der Waals surface area contributed by atoms with Crippen molar-refractivity contribution in [3.63, 3.8) is 0 Å². The van der Waals surface area contributed by atoms with Crippen LogP contribution in [-0.4, -0.2) is 38.5 Å². The molecule has 1 atom stereocenters. The first kappa shape index (κ1) is 23.1. The molecule has 2 heterocycles. The normalized spacial score (nSPS) is 12.2. The highest BCUT2D eigenvalue weighted by Gasteiger charge is 2.23. The number of aryl methyl sites for hydroxylation is 1. The number of hydrogen-bond acceptors (Lipinski definition) is 6. The van der Waals surface area contributed by atoms with E-state index in [0.29, 0.717) is 33.5 Å². The fraction of sp³-hybridized carbons (Fsp3) is 0.375. The Morgan fingerprint density at radius 2 is 1.69 bits per heavy atom. The Hall–Kier alpha value is -3.55. The van der Waals surface area contributed by atoms with Gasteiger partial charge in [0.2, 0.25) is 11.7 Å². The molecular weight excluding hydrogens is 408 g/mol. The molecule has 8 nitrogen and oxygen atoms in total. The minimum atomic E-state index is -0.984. The Bertz CT molecular complexity index is 1160. The second-order valence-corrected chi connectivity index (χ2v) is 8.36. The van der Waals surface area contributed by atoms with Crippen molar-refractivity contribution in [3.05, 3.63) is 53.3 Å². The van der Waals surface area contributed by atoms with Gasteiger partial charge in [-0.05, 0) is 58.0 Å². The van der Waals surface area contributed by atoms with Gasteiger partial charge < -0.3 is 10.1 Å². The summed E-state index contributed by atoms with van der Waals surface area (Å²) in [4.78, 5) is 42.0. The van der Waals surface area contributed by atoms with Crippen LogP contribution in [0.5, 0.6) is 0 Å². The summed E-state index contributed by atoms with van der Waals surface area (Å²) in [6.45, 7) is 10.9. The van der Waals surface area contributed by atoms with Crippen molar-refractivity contribution in [2.75, 3.05) is 5.32 Å². The number of ether oxygens (including phenoxy) is 1. The molecule has 0 fully saturated rings. The van der Waals surface area contributed by atoms with E-state index in [1.54, 1.807) is 62.0 Å². The topological polar surface area (TPSA) is 103 Å². The first-order valence-electron chi connectivity index (χ1n) is 10.6. The maximum absolute atomic E-state index is 12.9. The Morgan fingerprint density at radius 1 is 1.03 bits per heavy atom. The number of benzene rings is 1. The molecule has 168 valence electrons. The number of nitrogens with zero attached hydrogens (tertiary/aromatic N) is 3. The number of amides is 1. The van der Waals surface area contributed by atoms with E-state index in [-0.39, 0.29) is 23.7 Å². The number of fused-ring (bicyclic) bond motifs is 1. The van der Waals surface area contributed by atoms with Gasteiger partial charge in [0.05, 0.1) is 17.1 Å². The minimum absolute atomic E-state index is 0.0828. The van der Waals surface area contributed by atoms with Crippen molar-refractivity contribution in [3.8, 4) is 0 Å². The van der Waals surface area contributed by atoms with Gasteiger partial charge in [-0.15, -0.1) is 0 Å². The van der Waals surface area contributed by atoms with Gasteiger partial charge in [-0.2, -0.15) is 5.10 Å². The molecule has 0 aliphatic carbocycles. The van der Waals surface area contributed by atoms with E-state index < -0.39 is 12.1 Å². The molecule has 1 aromatic carbocycles. The monoisotopic (exact) mass is 436 g/mol. The number of carbonyl (C=O) groups is 3. The lowest BCUT2D eigenvalue weighted by atomic mass is 10.1. The van der Waals surface area contributed by atoms with Gasteiger partial charge in [-0.1, -0.05) is 13.8 Å². The van der Waals surface area contributed by atoms with E-state index in [2.05, 4.69) is 15.4 Å². The third kappa shape index (κ3) is 4.85. The molecule has 32 heavy (non-hydrogen) atoms. The summed E-state index contributed by atoms with van der Waals surface area (Å²) in [5, 5.41) is 7.69. The second kappa shape index (κ2) is 9.30. The van der Waals surface area contributed by atoms with E-state index in [1.165, 1.54) is 6.92 Å². The number of rotatable bonds is 7. The average molecular weight is 437 g/mol. The maximum Gasteiger partial charge on any atom is 0.339 e. The van der Waals surface area contributed by atoms with Crippen molar-refractivity contribution in [2.45, 2.75) is 53.7 Å². The van der Waals surface area contributed by atoms with Crippen molar-refractivity contribution in [1.29, 1.82) is 0 Å². The Balaban J connectivity index is 1.76. The van der Waals surface area contributed by atoms with E-state index >= 15 is 0 Å². The maximum atomic E-state index is 12.9. The smallest absolute Gasteiger partial charge is 0.339 e. The zero-order valence-electron chi connectivity index (χ0n) is 19.2. The number of ketones is 1. The van der Waals surface area contributed by atoms with Crippen LogP contribution in [0.2, 0.25) is 0 Å². The van der Waals surface area contributed by atoms with Crippen molar-refractivity contribution in [2.24, 2.45) is 5.92 Å². The molecule has 0 spiro atoms. The van der Waals surface area contributed by atoms with Crippen LogP contribution >= 0.6 is 0 Å². The summed E-state index contributed by atoms with van der Waals surface area (Å²) in [7, 11) is 0. The van der Waals surface area contributed by atoms with Crippen LogP contribution in [-0.2, 0) is 9.53 Å². The molecule has 0 radical (unpaired) electrons. The Morgan fingerprint density at radius 3 is 2.28 bits per heavy atom. The molecule has 1 N–H and O–H groups in total. The molecule has 1 amide bonds. The van der Waals surface area contributed by atoms with Crippen molar-refractivity contribution in [1.82, 2.24) is 14.8 Å². The molecule has 3 rings (SSSR count). The third-order valence-electron chi connectivity index (χ3n) is 5.02. The van der Waals surface area contributed by atoms with Crippen molar-refractivity contribution >= 4 is 34.4 Å². The molecule has 8 heteroatoms. The van der Waals surface area contributed by atoms with Crippen LogP contribution in [0.4, 0.5) is 5.69 Å². The van der Waals surface area contributed by atoms with Gasteiger partial charge in [0, 0.05) is 28.9 Å². The van der Waals surface area contributed by atoms with Crippen molar-refractivity contribution < 1.29 is 19.1 Å². The van der Waals surface area contributed by atoms with E-state index in [0.717, 1.165) is 0 Å². The quantitative estimate of drug-likeness (QED) is 0.436. The molecule has 0 bridgehead atoms. The van der Waals surface area contributed by atoms with Crippen LogP contribution < -0.4 is 5.32 Å². The number of aromatic nitrogens is 3. The summed E-state index contributed by atoms with van der Waals surface area (Å²) >= 11 is 0. The summed E-state index contributed by atoms with van der Waals surface area (Å²) < 4.78 is 7.23. The fourth-order valence-corrected chi connectivity index (χ4v) is 3.21. The Labute approximate surface area is 187 Å².